The molecule has 0 fully saturated rings. The lowest BCUT2D eigenvalue weighted by atomic mass is 9.96. The van der Waals surface area contributed by atoms with Gasteiger partial charge in [0.05, 0.1) is 20.6 Å². The molecule has 0 aliphatic rings. The highest BCUT2D eigenvalue weighted by Crippen LogP contribution is 2.42. The van der Waals surface area contributed by atoms with E-state index in [0.29, 0.717) is 27.8 Å². The van der Waals surface area contributed by atoms with E-state index in [1.165, 1.54) is 0 Å². The molecule has 0 radical (unpaired) electrons. The molecule has 13 rings (SSSR count). The van der Waals surface area contributed by atoms with E-state index in [0.717, 1.165) is 43.8 Å². The van der Waals surface area contributed by atoms with Gasteiger partial charge in [-0.25, -0.2) is 4.98 Å². The number of aromatic nitrogens is 4. The van der Waals surface area contributed by atoms with E-state index in [2.05, 4.69) is 6.07 Å². The first-order valence-electron chi connectivity index (χ1n) is 25.7. The van der Waals surface area contributed by atoms with Crippen LogP contribution >= 0.6 is 0 Å². The molecular formula is C57H34N4O2. The van der Waals surface area contributed by atoms with Crippen LogP contribution in [0.15, 0.2) is 215 Å². The Kier molecular flexibility index (Phi) is 5.74. The second-order valence-electron chi connectivity index (χ2n) is 15.1. The van der Waals surface area contributed by atoms with Crippen molar-refractivity contribution in [2.75, 3.05) is 0 Å². The smallest absolute Gasteiger partial charge is 0.238 e. The van der Waals surface area contributed by atoms with Crippen molar-refractivity contribution in [1.82, 2.24) is 19.5 Å². The van der Waals surface area contributed by atoms with Gasteiger partial charge in [-0.15, -0.1) is 0 Å². The number of benzene rings is 9. The summed E-state index contributed by atoms with van der Waals surface area (Å²) in [6.45, 7) is 0. The van der Waals surface area contributed by atoms with E-state index in [1.807, 2.05) is 138 Å². The van der Waals surface area contributed by atoms with Gasteiger partial charge in [0.1, 0.15) is 22.3 Å². The summed E-state index contributed by atoms with van der Waals surface area (Å²) in [5.41, 5.74) is 4.99. The van der Waals surface area contributed by atoms with Gasteiger partial charge in [0.25, 0.3) is 0 Å². The molecule has 0 unspecified atom stereocenters. The average Bonchev–Trinajstić information content (AvgIpc) is 4.13. The second-order valence-corrected chi connectivity index (χ2v) is 15.1. The van der Waals surface area contributed by atoms with Gasteiger partial charge in [-0.1, -0.05) is 151 Å². The Morgan fingerprint density at radius 1 is 0.413 bits per heavy atom. The van der Waals surface area contributed by atoms with Crippen molar-refractivity contribution in [3.8, 4) is 62.1 Å². The first-order valence-corrected chi connectivity index (χ1v) is 20.2. The van der Waals surface area contributed by atoms with Gasteiger partial charge < -0.3 is 8.83 Å². The van der Waals surface area contributed by atoms with E-state index in [4.69, 9.17) is 34.8 Å². The van der Waals surface area contributed by atoms with Crippen LogP contribution in [-0.2, 0) is 0 Å². The molecule has 0 spiro atoms. The van der Waals surface area contributed by atoms with Crippen molar-refractivity contribution >= 4 is 65.7 Å². The SMILES string of the molecule is [2H]c1c([2H])c([2H])c(-c2c([2H])c([2H])c([2H])c3oc4c([2H])c(-c5nc(-c6cc(-c7ccccc7)cc(-c7ccccc7)c6)nc(-n6c7ccccc7c7ccc8c9ccccc9oc8c76)n5)c([2H])c([2H])c4c23)c([2H])c1[2H]. The highest BCUT2D eigenvalue weighted by molar-refractivity contribution is 6.21. The van der Waals surface area contributed by atoms with Gasteiger partial charge in [-0.05, 0) is 87.9 Å². The zero-order valence-corrected chi connectivity index (χ0v) is 32.9. The molecule has 294 valence electrons. The number of nitrogens with zero attached hydrogens (tertiary/aromatic N) is 4. The third-order valence-corrected chi connectivity index (χ3v) is 11.5. The van der Waals surface area contributed by atoms with E-state index in [1.54, 1.807) is 0 Å². The maximum absolute atomic E-state index is 9.89. The Morgan fingerprint density at radius 3 is 1.86 bits per heavy atom. The van der Waals surface area contributed by atoms with E-state index in [-0.39, 0.29) is 50.7 Å². The fourth-order valence-corrected chi connectivity index (χ4v) is 8.62. The lowest BCUT2D eigenvalue weighted by Crippen LogP contribution is -2.06. The first kappa shape index (κ1) is 25.9. The molecule has 6 heteroatoms. The number of fused-ring (bicyclic) bond motifs is 10. The highest BCUT2D eigenvalue weighted by atomic mass is 16.3. The molecule has 0 aliphatic heterocycles. The van der Waals surface area contributed by atoms with Crippen LogP contribution in [0.5, 0.6) is 0 Å². The second kappa shape index (κ2) is 14.0. The monoisotopic (exact) mass is 817 g/mol. The zero-order chi connectivity index (χ0) is 51.0. The van der Waals surface area contributed by atoms with Crippen molar-refractivity contribution in [2.45, 2.75) is 0 Å². The van der Waals surface area contributed by atoms with Gasteiger partial charge in [0, 0.05) is 43.4 Å². The minimum Gasteiger partial charge on any atom is -0.456 e. The number of hydrogen-bond acceptors (Lipinski definition) is 5. The predicted molar refractivity (Wildman–Crippen MR) is 256 cm³/mol. The van der Waals surface area contributed by atoms with Crippen LogP contribution in [0, 0.1) is 0 Å². The van der Waals surface area contributed by atoms with Gasteiger partial charge in [-0.2, -0.15) is 9.97 Å². The summed E-state index contributed by atoms with van der Waals surface area (Å²) in [5.74, 6) is 0.0803. The van der Waals surface area contributed by atoms with Crippen LogP contribution in [0.2, 0.25) is 0 Å². The number of furan rings is 2. The molecule has 0 saturated heterocycles. The minimum atomic E-state index is -0.700. The summed E-state index contributed by atoms with van der Waals surface area (Å²) in [4.78, 5) is 15.4. The molecule has 0 amide bonds. The van der Waals surface area contributed by atoms with Crippen LogP contribution in [0.4, 0.5) is 0 Å². The Balaban J connectivity index is 1.15. The third kappa shape index (κ3) is 5.69. The van der Waals surface area contributed by atoms with Crippen LogP contribution in [0.3, 0.4) is 0 Å². The Bertz CT molecular complexity index is 4490. The first-order chi connectivity index (χ1) is 35.8. The lowest BCUT2D eigenvalue weighted by molar-refractivity contribution is 0.669. The standard InChI is InChI=1S/C57H34N4O2/c1-4-15-35(16-5-1)39-31-40(36-17-6-2-7-18-36)33-41(32-39)56-58-55(38-27-28-47-51(34-38)62-50-26-14-23-42(52(47)50)37-19-8-3-9-20-37)59-57(60-56)61-48-24-12-10-21-43(48)45-29-30-46-44-22-11-13-25-49(44)63-54(46)53(45)61/h1-34H/i3D,8D,9D,14D,19D,20D,23D,26D,27D,28D,34D. The lowest BCUT2D eigenvalue weighted by Gasteiger charge is -2.13. The molecule has 13 aromatic rings. The van der Waals surface area contributed by atoms with Crippen LogP contribution in [-0.4, -0.2) is 19.5 Å². The third-order valence-electron chi connectivity index (χ3n) is 11.5. The topological polar surface area (TPSA) is 69.9 Å². The fourth-order valence-electron chi connectivity index (χ4n) is 8.62. The summed E-state index contributed by atoms with van der Waals surface area (Å²) in [5, 5.41) is 3.03. The quantitative estimate of drug-likeness (QED) is 0.167. The van der Waals surface area contributed by atoms with Crippen LogP contribution in [0.25, 0.3) is 128 Å². The Labute approximate surface area is 376 Å². The molecule has 9 aromatic carbocycles. The maximum atomic E-state index is 9.89. The number of rotatable bonds is 6. The normalized spacial score (nSPS) is 14.3. The van der Waals surface area contributed by atoms with E-state index >= 15 is 0 Å². The molecule has 4 aromatic heterocycles. The van der Waals surface area contributed by atoms with Gasteiger partial charge >= 0.3 is 0 Å². The van der Waals surface area contributed by atoms with Gasteiger partial charge in [0.2, 0.25) is 5.95 Å². The summed E-state index contributed by atoms with van der Waals surface area (Å²) in [6, 6.07) is 38.4. The van der Waals surface area contributed by atoms with Crippen molar-refractivity contribution < 1.29 is 23.9 Å². The molecule has 0 bridgehead atoms. The molecular weight excluding hydrogens is 773 g/mol. The fraction of sp³-hybridized carbons (Fsp3) is 0. The zero-order valence-electron chi connectivity index (χ0n) is 43.9. The van der Waals surface area contributed by atoms with Gasteiger partial charge in [-0.3, -0.25) is 4.57 Å². The molecule has 0 N–H and O–H groups in total. The molecule has 0 saturated carbocycles. The van der Waals surface area contributed by atoms with E-state index in [9.17, 15) is 4.11 Å². The van der Waals surface area contributed by atoms with Crippen molar-refractivity contribution in [2.24, 2.45) is 0 Å². The summed E-state index contributed by atoms with van der Waals surface area (Å²) in [7, 11) is 0. The summed E-state index contributed by atoms with van der Waals surface area (Å²) < 4.78 is 114. The van der Waals surface area contributed by atoms with E-state index < -0.39 is 72.0 Å². The minimum absolute atomic E-state index is 0.0974. The Morgan fingerprint density at radius 2 is 1.08 bits per heavy atom. The average molecular weight is 818 g/mol. The Hall–Kier alpha value is -8.61. The van der Waals surface area contributed by atoms with Crippen LogP contribution < -0.4 is 0 Å². The van der Waals surface area contributed by atoms with Gasteiger partial charge in [0.15, 0.2) is 17.2 Å². The van der Waals surface area contributed by atoms with Crippen LogP contribution in [0.1, 0.15) is 15.1 Å². The predicted octanol–water partition coefficient (Wildman–Crippen LogP) is 15.1. The molecule has 0 aliphatic carbocycles. The van der Waals surface area contributed by atoms with Crippen molar-refractivity contribution in [3.05, 3.63) is 206 Å². The summed E-state index contributed by atoms with van der Waals surface area (Å²) in [6.07, 6.45) is 0. The molecule has 6 nitrogen and oxygen atoms in total. The maximum Gasteiger partial charge on any atom is 0.238 e. The molecule has 0 atom stereocenters. The number of hydrogen-bond donors (Lipinski definition) is 0. The van der Waals surface area contributed by atoms with Crippen molar-refractivity contribution in [1.29, 1.82) is 0 Å². The summed E-state index contributed by atoms with van der Waals surface area (Å²) >= 11 is 0. The number of para-hydroxylation sites is 2. The molecule has 4 heterocycles. The molecule has 63 heavy (non-hydrogen) atoms. The largest absolute Gasteiger partial charge is 0.456 e. The van der Waals surface area contributed by atoms with Crippen molar-refractivity contribution in [3.63, 3.8) is 0 Å². The highest BCUT2D eigenvalue weighted by Gasteiger charge is 2.23.